The molecule has 18 heavy (non-hydrogen) atoms. The van der Waals surface area contributed by atoms with E-state index in [9.17, 15) is 18.7 Å². The van der Waals surface area contributed by atoms with Gasteiger partial charge in [0, 0.05) is 0 Å². The number of hydrogen-bond acceptors (Lipinski definition) is 2. The molecular formula is C14H10F2O2. The van der Waals surface area contributed by atoms with E-state index in [4.69, 9.17) is 0 Å². The third-order valence-electron chi connectivity index (χ3n) is 2.57. The number of Topliss-reactive ketones (excluding diaryl/α,β-unsaturated/α-hetero) is 1. The van der Waals surface area contributed by atoms with Crippen molar-refractivity contribution in [1.82, 2.24) is 0 Å². The third-order valence-corrected chi connectivity index (χ3v) is 2.57. The predicted molar refractivity (Wildman–Crippen MR) is 62.1 cm³/mol. The predicted octanol–water partition coefficient (Wildman–Crippen LogP) is 2.88. The number of benzene rings is 2. The molecule has 0 radical (unpaired) electrons. The van der Waals surface area contributed by atoms with Gasteiger partial charge in [0.15, 0.2) is 0 Å². The Hall–Kier alpha value is -2.07. The third kappa shape index (κ3) is 2.28. The Bertz CT molecular complexity index is 547. The van der Waals surface area contributed by atoms with E-state index in [0.29, 0.717) is 5.56 Å². The average molecular weight is 248 g/mol. The molecule has 2 rings (SSSR count). The highest BCUT2D eigenvalue weighted by molar-refractivity contribution is 6.00. The van der Waals surface area contributed by atoms with Gasteiger partial charge in [0.05, 0.1) is 5.56 Å². The van der Waals surface area contributed by atoms with Gasteiger partial charge in [0.2, 0.25) is 5.78 Å². The van der Waals surface area contributed by atoms with Crippen LogP contribution in [-0.4, -0.2) is 10.9 Å². The molecule has 0 saturated heterocycles. The highest BCUT2D eigenvalue weighted by Crippen LogP contribution is 2.22. The Morgan fingerprint density at radius 3 is 2.06 bits per heavy atom. The van der Waals surface area contributed by atoms with Crippen LogP contribution in [0.2, 0.25) is 0 Å². The van der Waals surface area contributed by atoms with Crippen LogP contribution in [0.1, 0.15) is 22.0 Å². The second-order valence-electron chi connectivity index (χ2n) is 3.77. The number of aliphatic hydroxyl groups is 1. The van der Waals surface area contributed by atoms with E-state index >= 15 is 0 Å². The number of halogens is 2. The van der Waals surface area contributed by atoms with Crippen LogP contribution in [0.15, 0.2) is 48.5 Å². The number of carbonyl (C=O) groups excluding carboxylic acids is 1. The van der Waals surface area contributed by atoms with Crippen LogP contribution in [0, 0.1) is 11.6 Å². The minimum absolute atomic E-state index is 0.296. The first-order valence-corrected chi connectivity index (χ1v) is 5.32. The molecule has 92 valence electrons. The maximum Gasteiger partial charge on any atom is 0.201 e. The lowest BCUT2D eigenvalue weighted by Crippen LogP contribution is -2.15. The fourth-order valence-electron chi connectivity index (χ4n) is 1.66. The fraction of sp³-hybridized carbons (Fsp3) is 0.0714. The Morgan fingerprint density at radius 1 is 0.944 bits per heavy atom. The summed E-state index contributed by atoms with van der Waals surface area (Å²) in [5, 5.41) is 9.81. The monoisotopic (exact) mass is 248 g/mol. The summed E-state index contributed by atoms with van der Waals surface area (Å²) in [6, 6.07) is 11.1. The number of rotatable bonds is 3. The Labute approximate surface area is 103 Å². The largest absolute Gasteiger partial charge is 0.380 e. The standard InChI is InChI=1S/C14H10F2O2/c15-10-7-4-8-11(16)12(10)14(18)13(17)9-5-2-1-3-6-9/h1-8,13,17H. The normalized spacial score (nSPS) is 12.2. The molecular weight excluding hydrogens is 238 g/mol. The van der Waals surface area contributed by atoms with E-state index in [1.54, 1.807) is 18.2 Å². The first-order chi connectivity index (χ1) is 8.61. The highest BCUT2D eigenvalue weighted by atomic mass is 19.1. The van der Waals surface area contributed by atoms with Crippen LogP contribution in [0.4, 0.5) is 8.78 Å². The van der Waals surface area contributed by atoms with Crippen molar-refractivity contribution < 1.29 is 18.7 Å². The average Bonchev–Trinajstić information content (AvgIpc) is 2.38. The van der Waals surface area contributed by atoms with Gasteiger partial charge in [0.25, 0.3) is 0 Å². The molecule has 0 aliphatic rings. The molecule has 4 heteroatoms. The van der Waals surface area contributed by atoms with Crippen molar-refractivity contribution in [2.75, 3.05) is 0 Å². The van der Waals surface area contributed by atoms with Crippen molar-refractivity contribution >= 4 is 5.78 Å². The topological polar surface area (TPSA) is 37.3 Å². The van der Waals surface area contributed by atoms with Gasteiger partial charge in [-0.3, -0.25) is 4.79 Å². The Balaban J connectivity index is 2.38. The molecule has 0 amide bonds. The lowest BCUT2D eigenvalue weighted by Gasteiger charge is -2.11. The molecule has 0 spiro atoms. The SMILES string of the molecule is O=C(c1c(F)cccc1F)C(O)c1ccccc1. The van der Waals surface area contributed by atoms with Crippen LogP contribution in [0.3, 0.4) is 0 Å². The second-order valence-corrected chi connectivity index (χ2v) is 3.77. The molecule has 1 atom stereocenters. The van der Waals surface area contributed by atoms with E-state index in [1.807, 2.05) is 0 Å². The zero-order valence-corrected chi connectivity index (χ0v) is 9.31. The van der Waals surface area contributed by atoms with Gasteiger partial charge in [-0.15, -0.1) is 0 Å². The van der Waals surface area contributed by atoms with Crippen LogP contribution in [-0.2, 0) is 0 Å². The summed E-state index contributed by atoms with van der Waals surface area (Å²) in [6.45, 7) is 0. The van der Waals surface area contributed by atoms with Gasteiger partial charge in [-0.2, -0.15) is 0 Å². The molecule has 0 heterocycles. The molecule has 1 N–H and O–H groups in total. The first kappa shape index (κ1) is 12.4. The minimum Gasteiger partial charge on any atom is -0.380 e. The second kappa shape index (κ2) is 5.06. The maximum atomic E-state index is 13.4. The Kier molecular flexibility index (Phi) is 3.48. The summed E-state index contributed by atoms with van der Waals surface area (Å²) < 4.78 is 26.8. The summed E-state index contributed by atoms with van der Waals surface area (Å²) in [5.74, 6) is -2.94. The molecule has 0 aliphatic heterocycles. The molecule has 0 saturated carbocycles. The van der Waals surface area contributed by atoms with E-state index in [2.05, 4.69) is 0 Å². The lowest BCUT2D eigenvalue weighted by molar-refractivity contribution is 0.0738. The number of ketones is 1. The number of aliphatic hydroxyl groups excluding tert-OH is 1. The van der Waals surface area contributed by atoms with Crippen LogP contribution in [0.5, 0.6) is 0 Å². The van der Waals surface area contributed by atoms with Gasteiger partial charge < -0.3 is 5.11 Å². The minimum atomic E-state index is -1.57. The summed E-state index contributed by atoms with van der Waals surface area (Å²) >= 11 is 0. The van der Waals surface area contributed by atoms with E-state index in [-0.39, 0.29) is 0 Å². The molecule has 0 bridgehead atoms. The van der Waals surface area contributed by atoms with Crippen molar-refractivity contribution in [3.8, 4) is 0 Å². The zero-order chi connectivity index (χ0) is 13.1. The van der Waals surface area contributed by atoms with Crippen LogP contribution in [0.25, 0.3) is 0 Å². The molecule has 2 aromatic rings. The van der Waals surface area contributed by atoms with E-state index in [1.165, 1.54) is 12.1 Å². The smallest absolute Gasteiger partial charge is 0.201 e. The lowest BCUT2D eigenvalue weighted by atomic mass is 9.99. The quantitative estimate of drug-likeness (QED) is 0.848. The molecule has 0 aliphatic carbocycles. The van der Waals surface area contributed by atoms with Crippen molar-refractivity contribution in [2.45, 2.75) is 6.10 Å². The highest BCUT2D eigenvalue weighted by Gasteiger charge is 2.24. The van der Waals surface area contributed by atoms with Gasteiger partial charge >= 0.3 is 0 Å². The van der Waals surface area contributed by atoms with Crippen molar-refractivity contribution in [3.05, 3.63) is 71.3 Å². The molecule has 2 aromatic carbocycles. The van der Waals surface area contributed by atoms with Gasteiger partial charge in [-0.1, -0.05) is 36.4 Å². The van der Waals surface area contributed by atoms with E-state index < -0.39 is 29.1 Å². The maximum absolute atomic E-state index is 13.4. The number of hydrogen-bond donors (Lipinski definition) is 1. The van der Waals surface area contributed by atoms with E-state index in [0.717, 1.165) is 18.2 Å². The Morgan fingerprint density at radius 2 is 1.50 bits per heavy atom. The fourth-order valence-corrected chi connectivity index (χ4v) is 1.66. The molecule has 0 fully saturated rings. The van der Waals surface area contributed by atoms with Crippen LogP contribution < -0.4 is 0 Å². The van der Waals surface area contributed by atoms with Gasteiger partial charge in [-0.25, -0.2) is 8.78 Å². The molecule has 2 nitrogen and oxygen atoms in total. The van der Waals surface area contributed by atoms with Crippen molar-refractivity contribution in [3.63, 3.8) is 0 Å². The van der Waals surface area contributed by atoms with Gasteiger partial charge in [-0.05, 0) is 17.7 Å². The summed E-state index contributed by atoms with van der Waals surface area (Å²) in [5.41, 5.74) is -0.418. The molecule has 0 aromatic heterocycles. The summed E-state index contributed by atoms with van der Waals surface area (Å²) in [4.78, 5) is 11.9. The summed E-state index contributed by atoms with van der Waals surface area (Å²) in [6.07, 6.45) is -1.57. The first-order valence-electron chi connectivity index (χ1n) is 5.32. The molecule has 1 unspecified atom stereocenters. The van der Waals surface area contributed by atoms with Crippen LogP contribution >= 0.6 is 0 Å². The zero-order valence-electron chi connectivity index (χ0n) is 9.31. The number of carbonyl (C=O) groups is 1. The van der Waals surface area contributed by atoms with Crippen molar-refractivity contribution in [1.29, 1.82) is 0 Å². The van der Waals surface area contributed by atoms with Gasteiger partial charge in [0.1, 0.15) is 17.7 Å². The summed E-state index contributed by atoms with van der Waals surface area (Å²) in [7, 11) is 0. The van der Waals surface area contributed by atoms with Crippen molar-refractivity contribution in [2.24, 2.45) is 0 Å².